The summed E-state index contributed by atoms with van der Waals surface area (Å²) in [5.41, 5.74) is 0.707. The van der Waals surface area contributed by atoms with Crippen LogP contribution < -0.4 is 0 Å². The summed E-state index contributed by atoms with van der Waals surface area (Å²) in [5.74, 6) is 0.792. The lowest BCUT2D eigenvalue weighted by atomic mass is 9.96. The van der Waals surface area contributed by atoms with E-state index in [2.05, 4.69) is 52.2 Å². The number of hydrogen-bond acceptors (Lipinski definition) is 3. The molecule has 0 bridgehead atoms. The highest BCUT2D eigenvalue weighted by Gasteiger charge is 2.23. The first kappa shape index (κ1) is 12.5. The standard InChI is InChI=1S/C11H12BrClN4/c1-11(2,3)10-14-15-16-17(10)9-6-7(13)4-5-8(9)12/h4-6H,1-3H3. The summed E-state index contributed by atoms with van der Waals surface area (Å²) in [6.45, 7) is 6.19. The highest BCUT2D eigenvalue weighted by Crippen LogP contribution is 2.28. The van der Waals surface area contributed by atoms with Crippen LogP contribution in [0.3, 0.4) is 0 Å². The van der Waals surface area contributed by atoms with Gasteiger partial charge in [-0.25, -0.2) is 0 Å². The fourth-order valence-corrected chi connectivity index (χ4v) is 2.05. The summed E-state index contributed by atoms with van der Waals surface area (Å²) in [5, 5.41) is 12.5. The van der Waals surface area contributed by atoms with Gasteiger partial charge in [0.25, 0.3) is 0 Å². The van der Waals surface area contributed by atoms with Gasteiger partial charge in [0, 0.05) is 14.9 Å². The van der Waals surface area contributed by atoms with E-state index in [0.29, 0.717) is 5.02 Å². The SMILES string of the molecule is CC(C)(C)c1nnnn1-c1cc(Cl)ccc1Br. The third-order valence-electron chi connectivity index (χ3n) is 2.28. The van der Waals surface area contributed by atoms with Gasteiger partial charge in [-0.15, -0.1) is 5.10 Å². The number of benzene rings is 1. The first-order valence-electron chi connectivity index (χ1n) is 5.14. The largest absolute Gasteiger partial charge is 0.196 e. The lowest BCUT2D eigenvalue weighted by Crippen LogP contribution is -2.19. The molecule has 0 spiro atoms. The van der Waals surface area contributed by atoms with Gasteiger partial charge in [-0.2, -0.15) is 4.68 Å². The Morgan fingerprint density at radius 1 is 1.29 bits per heavy atom. The number of tetrazole rings is 1. The maximum atomic E-state index is 6.00. The zero-order valence-electron chi connectivity index (χ0n) is 9.78. The highest BCUT2D eigenvalue weighted by molar-refractivity contribution is 9.10. The molecule has 0 fully saturated rings. The zero-order chi connectivity index (χ0) is 12.6. The molecule has 0 saturated carbocycles. The van der Waals surface area contributed by atoms with E-state index in [9.17, 15) is 0 Å². The van der Waals surface area contributed by atoms with E-state index < -0.39 is 0 Å². The molecule has 0 amide bonds. The number of halogens is 2. The van der Waals surface area contributed by atoms with Crippen molar-refractivity contribution in [2.24, 2.45) is 0 Å². The molecule has 0 radical (unpaired) electrons. The van der Waals surface area contributed by atoms with Gasteiger partial charge < -0.3 is 0 Å². The summed E-state index contributed by atoms with van der Waals surface area (Å²) in [4.78, 5) is 0. The Morgan fingerprint density at radius 2 is 2.00 bits per heavy atom. The second kappa shape index (κ2) is 4.38. The van der Waals surface area contributed by atoms with Gasteiger partial charge >= 0.3 is 0 Å². The molecular formula is C11H12BrClN4. The average Bonchev–Trinajstić information content (AvgIpc) is 2.69. The van der Waals surface area contributed by atoms with Crippen molar-refractivity contribution >= 4 is 27.5 Å². The lowest BCUT2D eigenvalue weighted by Gasteiger charge is -2.17. The monoisotopic (exact) mass is 314 g/mol. The van der Waals surface area contributed by atoms with Gasteiger partial charge in [-0.05, 0) is 44.6 Å². The van der Waals surface area contributed by atoms with Crippen molar-refractivity contribution in [3.63, 3.8) is 0 Å². The third kappa shape index (κ3) is 2.50. The lowest BCUT2D eigenvalue weighted by molar-refractivity contribution is 0.525. The van der Waals surface area contributed by atoms with Crippen LogP contribution in [0.25, 0.3) is 5.69 Å². The molecule has 0 saturated heterocycles. The van der Waals surface area contributed by atoms with Crippen LogP contribution in [-0.4, -0.2) is 20.2 Å². The Morgan fingerprint density at radius 3 is 2.65 bits per heavy atom. The Balaban J connectivity index is 2.61. The molecule has 2 rings (SSSR count). The number of hydrogen-bond donors (Lipinski definition) is 0. The molecule has 4 nitrogen and oxygen atoms in total. The summed E-state index contributed by atoms with van der Waals surface area (Å²) in [6.07, 6.45) is 0. The second-order valence-electron chi connectivity index (χ2n) is 4.76. The minimum absolute atomic E-state index is 0.134. The first-order chi connectivity index (χ1) is 7.89. The fourth-order valence-electron chi connectivity index (χ4n) is 1.47. The Bertz CT molecular complexity index is 545. The van der Waals surface area contributed by atoms with E-state index in [-0.39, 0.29) is 5.41 Å². The van der Waals surface area contributed by atoms with Crippen molar-refractivity contribution in [2.75, 3.05) is 0 Å². The maximum absolute atomic E-state index is 6.00. The van der Waals surface area contributed by atoms with E-state index in [4.69, 9.17) is 11.6 Å². The average molecular weight is 316 g/mol. The van der Waals surface area contributed by atoms with E-state index in [0.717, 1.165) is 16.0 Å². The fraction of sp³-hybridized carbons (Fsp3) is 0.364. The molecule has 17 heavy (non-hydrogen) atoms. The molecular weight excluding hydrogens is 304 g/mol. The van der Waals surface area contributed by atoms with E-state index in [1.165, 1.54) is 0 Å². The second-order valence-corrected chi connectivity index (χ2v) is 6.05. The van der Waals surface area contributed by atoms with Gasteiger partial charge in [0.05, 0.1) is 5.69 Å². The third-order valence-corrected chi connectivity index (χ3v) is 3.18. The molecule has 0 atom stereocenters. The molecule has 0 aliphatic heterocycles. The van der Waals surface area contributed by atoms with Crippen molar-refractivity contribution in [3.05, 3.63) is 33.5 Å². The number of rotatable bonds is 1. The minimum atomic E-state index is -0.134. The van der Waals surface area contributed by atoms with Gasteiger partial charge in [0.1, 0.15) is 0 Å². The van der Waals surface area contributed by atoms with Crippen molar-refractivity contribution < 1.29 is 0 Å². The Labute approximate surface area is 113 Å². The van der Waals surface area contributed by atoms with Crippen molar-refractivity contribution in [1.29, 1.82) is 0 Å². The quantitative estimate of drug-likeness (QED) is 0.810. The smallest absolute Gasteiger partial charge is 0.162 e. The molecule has 1 aromatic heterocycles. The van der Waals surface area contributed by atoms with Crippen LogP contribution >= 0.6 is 27.5 Å². The number of nitrogens with zero attached hydrogens (tertiary/aromatic N) is 4. The molecule has 0 N–H and O–H groups in total. The van der Waals surface area contributed by atoms with Gasteiger partial charge in [-0.3, -0.25) is 0 Å². The molecule has 1 heterocycles. The summed E-state index contributed by atoms with van der Waals surface area (Å²) in [6, 6.07) is 5.53. The molecule has 0 aliphatic rings. The van der Waals surface area contributed by atoms with Crippen LogP contribution in [0.5, 0.6) is 0 Å². The van der Waals surface area contributed by atoms with E-state index in [1.807, 2.05) is 18.2 Å². The summed E-state index contributed by atoms with van der Waals surface area (Å²) < 4.78 is 2.61. The minimum Gasteiger partial charge on any atom is -0.196 e. The topological polar surface area (TPSA) is 43.6 Å². The predicted molar refractivity (Wildman–Crippen MR) is 70.6 cm³/mol. The normalized spacial score (nSPS) is 11.8. The molecule has 2 aromatic rings. The van der Waals surface area contributed by atoms with Crippen LogP contribution in [0.15, 0.2) is 22.7 Å². The highest BCUT2D eigenvalue weighted by atomic mass is 79.9. The predicted octanol–water partition coefficient (Wildman–Crippen LogP) is 3.38. The van der Waals surface area contributed by atoms with Crippen LogP contribution in [0.1, 0.15) is 26.6 Å². The van der Waals surface area contributed by atoms with E-state index >= 15 is 0 Å². The van der Waals surface area contributed by atoms with Crippen LogP contribution in [-0.2, 0) is 5.41 Å². The van der Waals surface area contributed by atoms with Crippen LogP contribution in [0.4, 0.5) is 0 Å². The maximum Gasteiger partial charge on any atom is 0.162 e. The van der Waals surface area contributed by atoms with Crippen LogP contribution in [0.2, 0.25) is 5.02 Å². The molecule has 0 unspecified atom stereocenters. The molecule has 0 aliphatic carbocycles. The summed E-state index contributed by atoms with van der Waals surface area (Å²) in [7, 11) is 0. The molecule has 1 aromatic carbocycles. The first-order valence-corrected chi connectivity index (χ1v) is 6.31. The van der Waals surface area contributed by atoms with E-state index in [1.54, 1.807) is 4.68 Å². The van der Waals surface area contributed by atoms with Crippen molar-refractivity contribution in [3.8, 4) is 5.69 Å². The molecule has 90 valence electrons. The van der Waals surface area contributed by atoms with Crippen molar-refractivity contribution in [1.82, 2.24) is 20.2 Å². The van der Waals surface area contributed by atoms with Crippen molar-refractivity contribution in [2.45, 2.75) is 26.2 Å². The van der Waals surface area contributed by atoms with Gasteiger partial charge in [0.2, 0.25) is 0 Å². The molecule has 6 heteroatoms. The Hall–Kier alpha value is -0.940. The number of aromatic nitrogens is 4. The summed E-state index contributed by atoms with van der Waals surface area (Å²) >= 11 is 9.48. The Kier molecular flexibility index (Phi) is 3.23. The zero-order valence-corrected chi connectivity index (χ0v) is 12.1. The van der Waals surface area contributed by atoms with Gasteiger partial charge in [0.15, 0.2) is 5.82 Å². The van der Waals surface area contributed by atoms with Gasteiger partial charge in [-0.1, -0.05) is 32.4 Å². The van der Waals surface area contributed by atoms with Crippen LogP contribution in [0, 0.1) is 0 Å².